The van der Waals surface area contributed by atoms with E-state index in [1.54, 1.807) is 11.4 Å². The number of ether oxygens (including phenoxy) is 1. The quantitative estimate of drug-likeness (QED) is 0.891. The van der Waals surface area contributed by atoms with Gasteiger partial charge in [0.2, 0.25) is 0 Å². The van der Waals surface area contributed by atoms with Crippen LogP contribution in [0.1, 0.15) is 0 Å². The van der Waals surface area contributed by atoms with Gasteiger partial charge in [0.25, 0.3) is 0 Å². The molecule has 0 aliphatic heterocycles. The molecule has 1 heterocycles. The smallest absolute Gasteiger partial charge is 0.406 e. The standard InChI is InChI=1S/C10H6BrF3N2OS/c11-8-5-18-9(16-8)15-6-2-1-3-7(4-6)17-10(12,13)14/h1-5H,(H,15,16). The van der Waals surface area contributed by atoms with Crippen LogP contribution in [-0.4, -0.2) is 11.3 Å². The molecule has 8 heteroatoms. The molecule has 3 nitrogen and oxygen atoms in total. The number of halogens is 4. The van der Waals surface area contributed by atoms with Crippen LogP contribution in [0.2, 0.25) is 0 Å². The summed E-state index contributed by atoms with van der Waals surface area (Å²) in [7, 11) is 0. The highest BCUT2D eigenvalue weighted by Crippen LogP contribution is 2.28. The van der Waals surface area contributed by atoms with E-state index < -0.39 is 6.36 Å². The Balaban J connectivity index is 2.12. The molecule has 0 amide bonds. The molecular formula is C10H6BrF3N2OS. The third-order valence-electron chi connectivity index (χ3n) is 1.80. The number of thiazole rings is 1. The summed E-state index contributed by atoms with van der Waals surface area (Å²) in [4.78, 5) is 4.07. The van der Waals surface area contributed by atoms with Gasteiger partial charge in [0.15, 0.2) is 5.13 Å². The number of nitrogens with zero attached hydrogens (tertiary/aromatic N) is 1. The average molecular weight is 339 g/mol. The second kappa shape index (κ2) is 5.15. The molecule has 0 aliphatic carbocycles. The van der Waals surface area contributed by atoms with E-state index in [-0.39, 0.29) is 5.75 Å². The first kappa shape index (κ1) is 13.2. The van der Waals surface area contributed by atoms with E-state index in [1.807, 2.05) is 0 Å². The van der Waals surface area contributed by atoms with Gasteiger partial charge in [0.05, 0.1) is 0 Å². The fraction of sp³-hybridized carbons (Fsp3) is 0.100. The number of rotatable bonds is 3. The number of hydrogen-bond donors (Lipinski definition) is 1. The summed E-state index contributed by atoms with van der Waals surface area (Å²) in [5.41, 5.74) is 0.471. The van der Waals surface area contributed by atoms with Gasteiger partial charge in [-0.15, -0.1) is 24.5 Å². The highest BCUT2D eigenvalue weighted by molar-refractivity contribution is 9.10. The molecule has 0 bridgehead atoms. The normalized spacial score (nSPS) is 11.3. The Hall–Kier alpha value is -1.28. The lowest BCUT2D eigenvalue weighted by molar-refractivity contribution is -0.274. The van der Waals surface area contributed by atoms with Crippen LogP contribution in [0, 0.1) is 0 Å². The molecule has 0 aliphatic rings. The van der Waals surface area contributed by atoms with Crippen LogP contribution >= 0.6 is 27.3 Å². The van der Waals surface area contributed by atoms with Gasteiger partial charge in [0.1, 0.15) is 10.4 Å². The number of alkyl halides is 3. The zero-order chi connectivity index (χ0) is 13.2. The molecular weight excluding hydrogens is 333 g/mol. The van der Waals surface area contributed by atoms with Crippen LogP contribution in [-0.2, 0) is 0 Å². The van der Waals surface area contributed by atoms with Crippen molar-refractivity contribution >= 4 is 38.1 Å². The Morgan fingerprint density at radius 1 is 1.33 bits per heavy atom. The molecule has 96 valence electrons. The van der Waals surface area contributed by atoms with Gasteiger partial charge in [-0.25, -0.2) is 4.98 Å². The first-order valence-electron chi connectivity index (χ1n) is 4.66. The van der Waals surface area contributed by atoms with Crippen molar-refractivity contribution in [3.05, 3.63) is 34.2 Å². The van der Waals surface area contributed by atoms with Gasteiger partial charge in [-0.3, -0.25) is 0 Å². The first-order chi connectivity index (χ1) is 8.42. The van der Waals surface area contributed by atoms with E-state index in [0.29, 0.717) is 15.4 Å². The Bertz CT molecular complexity index is 544. The number of hydrogen-bond acceptors (Lipinski definition) is 4. The predicted molar refractivity (Wildman–Crippen MR) is 66.2 cm³/mol. The highest BCUT2D eigenvalue weighted by atomic mass is 79.9. The molecule has 0 radical (unpaired) electrons. The van der Waals surface area contributed by atoms with Crippen LogP contribution < -0.4 is 10.1 Å². The van der Waals surface area contributed by atoms with Gasteiger partial charge in [0, 0.05) is 17.1 Å². The number of benzene rings is 1. The minimum absolute atomic E-state index is 0.275. The van der Waals surface area contributed by atoms with E-state index in [9.17, 15) is 13.2 Å². The van der Waals surface area contributed by atoms with E-state index >= 15 is 0 Å². The number of anilines is 2. The third-order valence-corrected chi connectivity index (χ3v) is 3.26. The second-order valence-corrected chi connectivity index (χ2v) is 4.85. The van der Waals surface area contributed by atoms with Crippen molar-refractivity contribution in [2.24, 2.45) is 0 Å². The molecule has 1 aromatic carbocycles. The van der Waals surface area contributed by atoms with Crippen molar-refractivity contribution in [2.45, 2.75) is 6.36 Å². The molecule has 0 fully saturated rings. The Kier molecular flexibility index (Phi) is 3.76. The summed E-state index contributed by atoms with van der Waals surface area (Å²) in [6.07, 6.45) is -4.69. The Labute approximate surface area is 113 Å². The lowest BCUT2D eigenvalue weighted by Gasteiger charge is -2.10. The van der Waals surface area contributed by atoms with Gasteiger partial charge >= 0.3 is 6.36 Å². The molecule has 0 unspecified atom stereocenters. The first-order valence-corrected chi connectivity index (χ1v) is 6.33. The second-order valence-electron chi connectivity index (χ2n) is 3.18. The fourth-order valence-electron chi connectivity index (χ4n) is 1.21. The van der Waals surface area contributed by atoms with Gasteiger partial charge < -0.3 is 10.1 Å². The van der Waals surface area contributed by atoms with E-state index in [4.69, 9.17) is 0 Å². The summed E-state index contributed by atoms with van der Waals surface area (Å²) in [6, 6.07) is 5.57. The summed E-state index contributed by atoms with van der Waals surface area (Å²) in [5.74, 6) is -0.275. The summed E-state index contributed by atoms with van der Waals surface area (Å²) in [6.45, 7) is 0. The lowest BCUT2D eigenvalue weighted by atomic mass is 10.3. The summed E-state index contributed by atoms with van der Waals surface area (Å²) < 4.78 is 40.6. The molecule has 1 N–H and O–H groups in total. The zero-order valence-corrected chi connectivity index (χ0v) is 11.1. The van der Waals surface area contributed by atoms with Crippen molar-refractivity contribution < 1.29 is 17.9 Å². The van der Waals surface area contributed by atoms with Gasteiger partial charge in [-0.05, 0) is 28.1 Å². The maximum Gasteiger partial charge on any atom is 0.573 e. The zero-order valence-electron chi connectivity index (χ0n) is 8.66. The number of aromatic nitrogens is 1. The van der Waals surface area contributed by atoms with Crippen molar-refractivity contribution in [3.63, 3.8) is 0 Å². The van der Waals surface area contributed by atoms with Crippen LogP contribution in [0.25, 0.3) is 0 Å². The maximum atomic E-state index is 12.0. The molecule has 2 rings (SSSR count). The largest absolute Gasteiger partial charge is 0.573 e. The number of nitrogens with one attached hydrogen (secondary N) is 1. The maximum absolute atomic E-state index is 12.0. The fourth-order valence-corrected chi connectivity index (χ4v) is 2.37. The molecule has 0 saturated carbocycles. The molecule has 1 aromatic heterocycles. The van der Waals surface area contributed by atoms with Crippen molar-refractivity contribution in [1.29, 1.82) is 0 Å². The van der Waals surface area contributed by atoms with Crippen LogP contribution in [0.5, 0.6) is 5.75 Å². The molecule has 0 saturated heterocycles. The average Bonchev–Trinajstić information content (AvgIpc) is 2.62. The monoisotopic (exact) mass is 338 g/mol. The lowest BCUT2D eigenvalue weighted by Crippen LogP contribution is -2.17. The van der Waals surface area contributed by atoms with E-state index in [0.717, 1.165) is 0 Å². The van der Waals surface area contributed by atoms with E-state index in [1.165, 1.54) is 29.5 Å². The topological polar surface area (TPSA) is 34.1 Å². The van der Waals surface area contributed by atoms with E-state index in [2.05, 4.69) is 31.0 Å². The van der Waals surface area contributed by atoms with Crippen molar-refractivity contribution in [2.75, 3.05) is 5.32 Å². The molecule has 0 atom stereocenters. The van der Waals surface area contributed by atoms with Crippen LogP contribution in [0.15, 0.2) is 34.2 Å². The molecule has 0 spiro atoms. The van der Waals surface area contributed by atoms with Crippen molar-refractivity contribution in [3.8, 4) is 5.75 Å². The highest BCUT2D eigenvalue weighted by Gasteiger charge is 2.31. The minimum Gasteiger partial charge on any atom is -0.406 e. The molecule has 18 heavy (non-hydrogen) atoms. The van der Waals surface area contributed by atoms with Crippen LogP contribution in [0.4, 0.5) is 24.0 Å². The summed E-state index contributed by atoms with van der Waals surface area (Å²) >= 11 is 4.52. The Morgan fingerprint density at radius 2 is 2.11 bits per heavy atom. The molecule has 2 aromatic rings. The van der Waals surface area contributed by atoms with Gasteiger partial charge in [-0.2, -0.15) is 0 Å². The van der Waals surface area contributed by atoms with Gasteiger partial charge in [-0.1, -0.05) is 6.07 Å². The SMILES string of the molecule is FC(F)(F)Oc1cccc(Nc2nc(Br)cs2)c1. The third kappa shape index (κ3) is 3.88. The minimum atomic E-state index is -4.69. The van der Waals surface area contributed by atoms with Crippen LogP contribution in [0.3, 0.4) is 0 Å². The summed E-state index contributed by atoms with van der Waals surface area (Å²) in [5, 5.41) is 5.22. The van der Waals surface area contributed by atoms with Crippen molar-refractivity contribution in [1.82, 2.24) is 4.98 Å². The Morgan fingerprint density at radius 3 is 2.72 bits per heavy atom. The predicted octanol–water partition coefficient (Wildman–Crippen LogP) is 4.55.